The van der Waals surface area contributed by atoms with Crippen LogP contribution in [-0.4, -0.2) is 11.9 Å². The van der Waals surface area contributed by atoms with Gasteiger partial charge in [0.05, 0.1) is 12.1 Å². The van der Waals surface area contributed by atoms with Crippen molar-refractivity contribution in [1.29, 1.82) is 0 Å². The van der Waals surface area contributed by atoms with Gasteiger partial charge in [0.2, 0.25) is 5.91 Å². The van der Waals surface area contributed by atoms with E-state index in [1.807, 2.05) is 36.4 Å². The highest BCUT2D eigenvalue weighted by atomic mass is 16.2. The van der Waals surface area contributed by atoms with Crippen LogP contribution in [0.2, 0.25) is 0 Å². The van der Waals surface area contributed by atoms with E-state index in [0.29, 0.717) is 6.42 Å². The first-order chi connectivity index (χ1) is 10.7. The maximum Gasteiger partial charge on any atom is 0.237 e. The van der Waals surface area contributed by atoms with Crippen molar-refractivity contribution >= 4 is 5.91 Å². The SMILES string of the molecule is N[C@@H](Cc1ccccc1)C(=O)NC1CCCc2ccccc21. The number of benzene rings is 2. The molecule has 0 radical (unpaired) electrons. The van der Waals surface area contributed by atoms with Gasteiger partial charge < -0.3 is 11.1 Å². The summed E-state index contributed by atoms with van der Waals surface area (Å²) in [6.07, 6.45) is 3.76. The maximum atomic E-state index is 12.4. The van der Waals surface area contributed by atoms with Gasteiger partial charge in [0.25, 0.3) is 0 Å². The van der Waals surface area contributed by atoms with E-state index >= 15 is 0 Å². The van der Waals surface area contributed by atoms with Crippen LogP contribution in [0.1, 0.15) is 35.6 Å². The van der Waals surface area contributed by atoms with Crippen molar-refractivity contribution in [1.82, 2.24) is 5.32 Å². The highest BCUT2D eigenvalue weighted by molar-refractivity contribution is 5.82. The fourth-order valence-electron chi connectivity index (χ4n) is 3.14. The van der Waals surface area contributed by atoms with E-state index in [1.165, 1.54) is 11.1 Å². The number of nitrogens with two attached hydrogens (primary N) is 1. The summed E-state index contributed by atoms with van der Waals surface area (Å²) in [6.45, 7) is 0. The Labute approximate surface area is 131 Å². The predicted molar refractivity (Wildman–Crippen MR) is 88.4 cm³/mol. The fourth-order valence-corrected chi connectivity index (χ4v) is 3.14. The largest absolute Gasteiger partial charge is 0.348 e. The van der Waals surface area contributed by atoms with Crippen LogP contribution in [0.4, 0.5) is 0 Å². The number of hydrogen-bond donors (Lipinski definition) is 2. The molecule has 22 heavy (non-hydrogen) atoms. The lowest BCUT2D eigenvalue weighted by Crippen LogP contribution is -2.44. The molecule has 0 aromatic heterocycles. The van der Waals surface area contributed by atoms with Gasteiger partial charge in [0, 0.05) is 0 Å². The monoisotopic (exact) mass is 294 g/mol. The summed E-state index contributed by atoms with van der Waals surface area (Å²) in [6, 6.07) is 17.9. The first kappa shape index (κ1) is 14.8. The van der Waals surface area contributed by atoms with Gasteiger partial charge in [-0.15, -0.1) is 0 Å². The normalized spacial score (nSPS) is 18.3. The molecule has 0 spiro atoms. The minimum Gasteiger partial charge on any atom is -0.348 e. The van der Waals surface area contributed by atoms with Crippen molar-refractivity contribution in [2.24, 2.45) is 5.73 Å². The summed E-state index contributed by atoms with van der Waals surface area (Å²) in [7, 11) is 0. The fraction of sp³-hybridized carbons (Fsp3) is 0.316. The van der Waals surface area contributed by atoms with Gasteiger partial charge in [-0.3, -0.25) is 4.79 Å². The minimum atomic E-state index is -0.503. The highest BCUT2D eigenvalue weighted by Gasteiger charge is 2.23. The van der Waals surface area contributed by atoms with Crippen LogP contribution in [-0.2, 0) is 17.6 Å². The molecular weight excluding hydrogens is 272 g/mol. The van der Waals surface area contributed by atoms with Crippen LogP contribution in [0.5, 0.6) is 0 Å². The minimum absolute atomic E-state index is 0.0643. The Bertz CT molecular complexity index is 639. The second kappa shape index (κ2) is 6.75. The third kappa shape index (κ3) is 3.37. The van der Waals surface area contributed by atoms with Gasteiger partial charge in [0.15, 0.2) is 0 Å². The Kier molecular flexibility index (Phi) is 4.54. The van der Waals surface area contributed by atoms with Crippen LogP contribution in [0.25, 0.3) is 0 Å². The van der Waals surface area contributed by atoms with E-state index in [0.717, 1.165) is 24.8 Å². The van der Waals surface area contributed by atoms with Crippen molar-refractivity contribution in [2.45, 2.75) is 37.8 Å². The maximum absolute atomic E-state index is 12.4. The summed E-state index contributed by atoms with van der Waals surface area (Å²) < 4.78 is 0. The number of carbonyl (C=O) groups excluding carboxylic acids is 1. The lowest BCUT2D eigenvalue weighted by molar-refractivity contribution is -0.123. The zero-order valence-electron chi connectivity index (χ0n) is 12.7. The standard InChI is InChI=1S/C19H22N2O/c20-17(13-14-7-2-1-3-8-14)19(22)21-18-12-6-10-15-9-4-5-11-16(15)18/h1-5,7-9,11,17-18H,6,10,12-13,20H2,(H,21,22)/t17-,18?/m0/s1. The third-order valence-electron chi connectivity index (χ3n) is 4.32. The first-order valence-corrected chi connectivity index (χ1v) is 7.92. The van der Waals surface area contributed by atoms with E-state index in [9.17, 15) is 4.79 Å². The molecule has 1 amide bonds. The number of hydrogen-bond acceptors (Lipinski definition) is 2. The average molecular weight is 294 g/mol. The van der Waals surface area contributed by atoms with Gasteiger partial charge in [-0.25, -0.2) is 0 Å². The molecule has 2 aromatic rings. The molecule has 3 N–H and O–H groups in total. The third-order valence-corrected chi connectivity index (χ3v) is 4.32. The summed E-state index contributed by atoms with van der Waals surface area (Å²) in [5.41, 5.74) is 9.75. The van der Waals surface area contributed by atoms with Crippen LogP contribution in [0.15, 0.2) is 54.6 Å². The van der Waals surface area contributed by atoms with Crippen LogP contribution < -0.4 is 11.1 Å². The van der Waals surface area contributed by atoms with Crippen molar-refractivity contribution in [3.8, 4) is 0 Å². The molecule has 1 aliphatic rings. The van der Waals surface area contributed by atoms with Crippen molar-refractivity contribution in [3.63, 3.8) is 0 Å². The van der Waals surface area contributed by atoms with Crippen molar-refractivity contribution < 1.29 is 4.79 Å². The Balaban J connectivity index is 1.65. The molecule has 3 nitrogen and oxygen atoms in total. The van der Waals surface area contributed by atoms with E-state index in [-0.39, 0.29) is 11.9 Å². The lowest BCUT2D eigenvalue weighted by Gasteiger charge is -2.27. The molecule has 0 fully saturated rings. The van der Waals surface area contributed by atoms with Crippen molar-refractivity contribution in [3.05, 3.63) is 71.3 Å². The second-order valence-electron chi connectivity index (χ2n) is 5.95. The molecule has 2 aromatic carbocycles. The quantitative estimate of drug-likeness (QED) is 0.911. The highest BCUT2D eigenvalue weighted by Crippen LogP contribution is 2.29. The Morgan fingerprint density at radius 1 is 1.14 bits per heavy atom. The molecule has 2 atom stereocenters. The second-order valence-corrected chi connectivity index (χ2v) is 5.95. The number of nitrogens with one attached hydrogen (secondary N) is 1. The molecule has 0 aliphatic heterocycles. The predicted octanol–water partition coefficient (Wildman–Crippen LogP) is 2.75. The summed E-state index contributed by atoms with van der Waals surface area (Å²) in [5.74, 6) is -0.0643. The number of fused-ring (bicyclic) bond motifs is 1. The zero-order valence-corrected chi connectivity index (χ0v) is 12.7. The lowest BCUT2D eigenvalue weighted by atomic mass is 9.87. The van der Waals surface area contributed by atoms with Gasteiger partial charge >= 0.3 is 0 Å². The molecule has 0 saturated heterocycles. The van der Waals surface area contributed by atoms with E-state index in [2.05, 4.69) is 23.5 Å². The summed E-state index contributed by atoms with van der Waals surface area (Å²) in [4.78, 5) is 12.4. The number of aryl methyl sites for hydroxylation is 1. The van der Waals surface area contributed by atoms with E-state index in [4.69, 9.17) is 5.73 Å². The van der Waals surface area contributed by atoms with Gasteiger partial charge in [-0.1, -0.05) is 54.6 Å². The van der Waals surface area contributed by atoms with Crippen LogP contribution in [0.3, 0.4) is 0 Å². The zero-order chi connectivity index (χ0) is 15.4. The topological polar surface area (TPSA) is 55.1 Å². The van der Waals surface area contributed by atoms with E-state index in [1.54, 1.807) is 0 Å². The molecule has 1 aliphatic carbocycles. The first-order valence-electron chi connectivity index (χ1n) is 7.92. The Morgan fingerprint density at radius 3 is 2.68 bits per heavy atom. The van der Waals surface area contributed by atoms with Gasteiger partial charge in [-0.05, 0) is 42.4 Å². The molecule has 0 bridgehead atoms. The molecule has 0 saturated carbocycles. The van der Waals surface area contributed by atoms with Crippen LogP contribution >= 0.6 is 0 Å². The molecule has 0 heterocycles. The Morgan fingerprint density at radius 2 is 1.86 bits per heavy atom. The number of rotatable bonds is 4. The van der Waals surface area contributed by atoms with Crippen molar-refractivity contribution in [2.75, 3.05) is 0 Å². The molecule has 3 heteroatoms. The smallest absolute Gasteiger partial charge is 0.237 e. The summed E-state index contributed by atoms with van der Waals surface area (Å²) in [5, 5.41) is 3.13. The number of carbonyl (C=O) groups is 1. The summed E-state index contributed by atoms with van der Waals surface area (Å²) >= 11 is 0. The number of amides is 1. The van der Waals surface area contributed by atoms with E-state index < -0.39 is 6.04 Å². The molecule has 3 rings (SSSR count). The Hall–Kier alpha value is -2.13. The molecule has 1 unspecified atom stereocenters. The van der Waals surface area contributed by atoms with Crippen LogP contribution in [0, 0.1) is 0 Å². The molecular formula is C19H22N2O. The van der Waals surface area contributed by atoms with Gasteiger partial charge in [0.1, 0.15) is 0 Å². The molecule has 114 valence electrons. The average Bonchev–Trinajstić information content (AvgIpc) is 2.56. The van der Waals surface area contributed by atoms with Gasteiger partial charge in [-0.2, -0.15) is 0 Å².